The van der Waals surface area contributed by atoms with Gasteiger partial charge in [-0.2, -0.15) is 11.8 Å². The largest absolute Gasteiger partial charge is 0.381 e. The van der Waals surface area contributed by atoms with E-state index in [2.05, 4.69) is 24.0 Å². The summed E-state index contributed by atoms with van der Waals surface area (Å²) in [4.78, 5) is 0. The summed E-state index contributed by atoms with van der Waals surface area (Å²) >= 11 is 2.13. The number of rotatable bonds is 6. The van der Waals surface area contributed by atoms with E-state index in [0.717, 1.165) is 25.0 Å². The second-order valence-corrected chi connectivity index (χ2v) is 4.80. The first-order valence-corrected chi connectivity index (χ1v) is 6.38. The van der Waals surface area contributed by atoms with E-state index in [-0.39, 0.29) is 0 Å². The van der Waals surface area contributed by atoms with E-state index in [1.165, 1.54) is 31.6 Å². The average molecular weight is 203 g/mol. The Balaban J connectivity index is 1.86. The van der Waals surface area contributed by atoms with Crippen LogP contribution in [0.3, 0.4) is 0 Å². The van der Waals surface area contributed by atoms with Crippen LogP contribution in [-0.4, -0.2) is 37.3 Å². The quantitative estimate of drug-likeness (QED) is 0.666. The first-order chi connectivity index (χ1) is 6.43. The van der Waals surface area contributed by atoms with E-state index >= 15 is 0 Å². The van der Waals surface area contributed by atoms with Crippen LogP contribution in [0.25, 0.3) is 0 Å². The molecular weight excluding hydrogens is 182 g/mol. The van der Waals surface area contributed by atoms with Gasteiger partial charge in [0.2, 0.25) is 0 Å². The molecule has 1 N–H and O–H groups in total. The molecule has 0 atom stereocenters. The van der Waals surface area contributed by atoms with Gasteiger partial charge in [0.05, 0.1) is 0 Å². The third-order valence-electron chi connectivity index (χ3n) is 2.27. The maximum atomic E-state index is 5.32. The number of hydrogen-bond donors (Lipinski definition) is 1. The van der Waals surface area contributed by atoms with E-state index in [4.69, 9.17) is 4.74 Å². The van der Waals surface area contributed by atoms with Gasteiger partial charge in [-0.15, -0.1) is 0 Å². The highest BCUT2D eigenvalue weighted by atomic mass is 32.2. The van der Waals surface area contributed by atoms with Crippen LogP contribution in [0.1, 0.15) is 26.2 Å². The molecule has 13 heavy (non-hydrogen) atoms. The van der Waals surface area contributed by atoms with Gasteiger partial charge < -0.3 is 10.1 Å². The molecule has 0 radical (unpaired) electrons. The van der Waals surface area contributed by atoms with Gasteiger partial charge in [0.25, 0.3) is 0 Å². The van der Waals surface area contributed by atoms with Gasteiger partial charge in [0, 0.05) is 18.5 Å². The second-order valence-electron chi connectivity index (χ2n) is 3.39. The van der Waals surface area contributed by atoms with Crippen molar-refractivity contribution in [2.45, 2.75) is 31.4 Å². The molecule has 0 spiro atoms. The molecule has 1 aliphatic rings. The van der Waals surface area contributed by atoms with Gasteiger partial charge in [-0.05, 0) is 38.1 Å². The molecule has 0 aromatic heterocycles. The molecule has 1 aliphatic heterocycles. The molecule has 0 unspecified atom stereocenters. The van der Waals surface area contributed by atoms with Crippen LogP contribution >= 0.6 is 11.8 Å². The Kier molecular flexibility index (Phi) is 6.68. The number of nitrogens with one attached hydrogen (secondary N) is 1. The van der Waals surface area contributed by atoms with Crippen molar-refractivity contribution in [3.8, 4) is 0 Å². The van der Waals surface area contributed by atoms with Crippen molar-refractivity contribution in [1.82, 2.24) is 5.32 Å². The van der Waals surface area contributed by atoms with Crippen molar-refractivity contribution in [2.24, 2.45) is 0 Å². The van der Waals surface area contributed by atoms with Crippen molar-refractivity contribution in [1.29, 1.82) is 0 Å². The minimum absolute atomic E-state index is 0.871. The Labute approximate surface area is 85.8 Å². The molecule has 2 nitrogen and oxygen atoms in total. The van der Waals surface area contributed by atoms with Crippen LogP contribution in [0.5, 0.6) is 0 Å². The van der Waals surface area contributed by atoms with E-state index < -0.39 is 0 Å². The van der Waals surface area contributed by atoms with Crippen LogP contribution in [0.2, 0.25) is 0 Å². The molecule has 0 aliphatic carbocycles. The molecule has 78 valence electrons. The van der Waals surface area contributed by atoms with Crippen LogP contribution in [0.4, 0.5) is 0 Å². The predicted octanol–water partition coefficient (Wildman–Crippen LogP) is 1.90. The maximum absolute atomic E-state index is 5.32. The monoisotopic (exact) mass is 203 g/mol. The lowest BCUT2D eigenvalue weighted by atomic mass is 10.2. The van der Waals surface area contributed by atoms with Crippen molar-refractivity contribution in [3.63, 3.8) is 0 Å². The molecule has 1 heterocycles. The standard InChI is InChI=1S/C10H21NOS/c1-2-11-6-3-9-13-10-4-7-12-8-5-10/h10-11H,2-9H2,1H3. The molecular formula is C10H21NOS. The van der Waals surface area contributed by atoms with Crippen molar-refractivity contribution < 1.29 is 4.74 Å². The highest BCUT2D eigenvalue weighted by Gasteiger charge is 2.12. The fourth-order valence-electron chi connectivity index (χ4n) is 1.47. The molecule has 1 saturated heterocycles. The van der Waals surface area contributed by atoms with Gasteiger partial charge in [0.1, 0.15) is 0 Å². The third-order valence-corrected chi connectivity index (χ3v) is 3.74. The molecule has 3 heteroatoms. The van der Waals surface area contributed by atoms with Crippen LogP contribution < -0.4 is 5.32 Å². The Morgan fingerprint density at radius 1 is 1.38 bits per heavy atom. The summed E-state index contributed by atoms with van der Waals surface area (Å²) in [5.41, 5.74) is 0. The van der Waals surface area contributed by atoms with E-state index in [9.17, 15) is 0 Å². The molecule has 0 bridgehead atoms. The summed E-state index contributed by atoms with van der Waals surface area (Å²) in [5.74, 6) is 1.30. The van der Waals surface area contributed by atoms with Gasteiger partial charge in [0.15, 0.2) is 0 Å². The molecule has 0 amide bonds. The fraction of sp³-hybridized carbons (Fsp3) is 1.00. The zero-order chi connectivity index (χ0) is 9.36. The van der Waals surface area contributed by atoms with E-state index in [1.54, 1.807) is 0 Å². The maximum Gasteiger partial charge on any atom is 0.0476 e. The average Bonchev–Trinajstić information content (AvgIpc) is 2.19. The minimum atomic E-state index is 0.871. The Hall–Kier alpha value is 0.270. The summed E-state index contributed by atoms with van der Waals surface area (Å²) in [6.07, 6.45) is 3.81. The summed E-state index contributed by atoms with van der Waals surface area (Å²) in [7, 11) is 0. The van der Waals surface area contributed by atoms with Gasteiger partial charge in [-0.25, -0.2) is 0 Å². The molecule has 1 rings (SSSR count). The van der Waals surface area contributed by atoms with Crippen molar-refractivity contribution in [3.05, 3.63) is 0 Å². The summed E-state index contributed by atoms with van der Waals surface area (Å²) in [6.45, 7) is 6.38. The Morgan fingerprint density at radius 3 is 2.85 bits per heavy atom. The lowest BCUT2D eigenvalue weighted by Gasteiger charge is -2.21. The van der Waals surface area contributed by atoms with Gasteiger partial charge in [-0.1, -0.05) is 6.92 Å². The molecule has 0 aromatic rings. The molecule has 0 aromatic carbocycles. The minimum Gasteiger partial charge on any atom is -0.381 e. The fourth-order valence-corrected chi connectivity index (χ4v) is 2.64. The van der Waals surface area contributed by atoms with Crippen molar-refractivity contribution >= 4 is 11.8 Å². The summed E-state index contributed by atoms with van der Waals surface area (Å²) in [5, 5.41) is 4.22. The normalized spacial score (nSPS) is 19.2. The number of hydrogen-bond acceptors (Lipinski definition) is 3. The molecule has 1 fully saturated rings. The first kappa shape index (κ1) is 11.3. The second kappa shape index (κ2) is 7.65. The van der Waals surface area contributed by atoms with E-state index in [1.807, 2.05) is 0 Å². The zero-order valence-electron chi connectivity index (χ0n) is 8.55. The summed E-state index contributed by atoms with van der Waals surface area (Å²) < 4.78 is 5.32. The lowest BCUT2D eigenvalue weighted by Crippen LogP contribution is -2.19. The lowest BCUT2D eigenvalue weighted by molar-refractivity contribution is 0.100. The number of ether oxygens (including phenoxy) is 1. The SMILES string of the molecule is CCNCCCSC1CCOCC1. The smallest absolute Gasteiger partial charge is 0.0476 e. The Morgan fingerprint density at radius 2 is 2.15 bits per heavy atom. The van der Waals surface area contributed by atoms with Gasteiger partial charge >= 0.3 is 0 Å². The predicted molar refractivity (Wildman–Crippen MR) is 59.5 cm³/mol. The van der Waals surface area contributed by atoms with Crippen LogP contribution in [0, 0.1) is 0 Å². The zero-order valence-corrected chi connectivity index (χ0v) is 9.37. The summed E-state index contributed by atoms with van der Waals surface area (Å²) in [6, 6.07) is 0. The van der Waals surface area contributed by atoms with E-state index in [0.29, 0.717) is 0 Å². The first-order valence-electron chi connectivity index (χ1n) is 5.33. The highest BCUT2D eigenvalue weighted by Crippen LogP contribution is 2.22. The van der Waals surface area contributed by atoms with Crippen LogP contribution in [-0.2, 0) is 4.74 Å². The topological polar surface area (TPSA) is 21.3 Å². The molecule has 0 saturated carbocycles. The van der Waals surface area contributed by atoms with Gasteiger partial charge in [-0.3, -0.25) is 0 Å². The highest BCUT2D eigenvalue weighted by molar-refractivity contribution is 7.99. The number of thioether (sulfide) groups is 1. The van der Waals surface area contributed by atoms with Crippen molar-refractivity contribution in [2.75, 3.05) is 32.1 Å². The third kappa shape index (κ3) is 5.55. The van der Waals surface area contributed by atoms with Crippen LogP contribution in [0.15, 0.2) is 0 Å². The Bertz CT molecular complexity index is 115.